The maximum atomic E-state index is 11.0. The van der Waals surface area contributed by atoms with Crippen LogP contribution in [0.4, 0.5) is 0 Å². The van der Waals surface area contributed by atoms with Gasteiger partial charge in [0.2, 0.25) is 0 Å². The van der Waals surface area contributed by atoms with E-state index in [1.54, 1.807) is 16.8 Å². The molecule has 1 heterocycles. The Bertz CT molecular complexity index is 282. The summed E-state index contributed by atoms with van der Waals surface area (Å²) in [7, 11) is 0. The summed E-state index contributed by atoms with van der Waals surface area (Å²) >= 11 is 0. The molecule has 0 amide bonds. The molecule has 0 aliphatic carbocycles. The number of nitrogens with zero attached hydrogens (tertiary/aromatic N) is 2. The van der Waals surface area contributed by atoms with Crippen molar-refractivity contribution in [1.82, 2.24) is 9.55 Å². The summed E-state index contributed by atoms with van der Waals surface area (Å²) in [5.41, 5.74) is 5.14. The third-order valence-electron chi connectivity index (χ3n) is 1.64. The Morgan fingerprint density at radius 1 is 1.50 bits per heavy atom. The molecule has 0 atom stereocenters. The van der Waals surface area contributed by atoms with Crippen molar-refractivity contribution in [3.05, 3.63) is 28.9 Å². The molecule has 0 radical (unpaired) electrons. The van der Waals surface area contributed by atoms with E-state index in [1.165, 1.54) is 6.20 Å². The van der Waals surface area contributed by atoms with Crippen molar-refractivity contribution in [2.45, 2.75) is 19.4 Å². The van der Waals surface area contributed by atoms with Crippen LogP contribution < -0.4 is 11.4 Å². The van der Waals surface area contributed by atoms with Gasteiger partial charge in [0, 0.05) is 18.9 Å². The van der Waals surface area contributed by atoms with Crippen molar-refractivity contribution in [2.75, 3.05) is 6.54 Å². The first kappa shape index (κ1) is 8.93. The first-order chi connectivity index (χ1) is 5.84. The van der Waals surface area contributed by atoms with E-state index >= 15 is 0 Å². The largest absolute Gasteiger partial charge is 0.347 e. The van der Waals surface area contributed by atoms with E-state index in [9.17, 15) is 4.79 Å². The molecule has 0 aromatic carbocycles. The van der Waals surface area contributed by atoms with Crippen LogP contribution in [0.2, 0.25) is 0 Å². The lowest BCUT2D eigenvalue weighted by Gasteiger charge is -2.01. The standard InChI is InChI=1S/C8H13N3O/c9-4-1-2-6-11-7-3-5-10-8(11)12/h3,5,7H,1-2,4,6,9H2. The highest BCUT2D eigenvalue weighted by atomic mass is 16.1. The molecule has 0 saturated heterocycles. The first-order valence-corrected chi connectivity index (χ1v) is 4.06. The van der Waals surface area contributed by atoms with Crippen LogP contribution in [0.1, 0.15) is 12.8 Å². The molecule has 0 fully saturated rings. The molecule has 0 bridgehead atoms. The van der Waals surface area contributed by atoms with Crippen LogP contribution in [-0.4, -0.2) is 16.1 Å². The van der Waals surface area contributed by atoms with Gasteiger partial charge >= 0.3 is 5.69 Å². The van der Waals surface area contributed by atoms with Crippen molar-refractivity contribution in [3.8, 4) is 0 Å². The highest BCUT2D eigenvalue weighted by Gasteiger charge is 1.92. The molecule has 0 unspecified atom stereocenters. The van der Waals surface area contributed by atoms with E-state index < -0.39 is 0 Å². The molecule has 0 aliphatic heterocycles. The lowest BCUT2D eigenvalue weighted by molar-refractivity contribution is 0.586. The van der Waals surface area contributed by atoms with Crippen molar-refractivity contribution >= 4 is 0 Å². The molecule has 1 rings (SSSR count). The summed E-state index contributed by atoms with van der Waals surface area (Å²) in [6.45, 7) is 1.39. The molecular weight excluding hydrogens is 154 g/mol. The van der Waals surface area contributed by atoms with E-state index in [0.29, 0.717) is 13.1 Å². The second-order valence-electron chi connectivity index (χ2n) is 2.59. The average molecular weight is 167 g/mol. The SMILES string of the molecule is NCCCCn1cccnc1=O. The molecule has 4 nitrogen and oxygen atoms in total. The van der Waals surface area contributed by atoms with Crippen LogP contribution in [0.5, 0.6) is 0 Å². The van der Waals surface area contributed by atoms with Gasteiger partial charge in [0.15, 0.2) is 0 Å². The lowest BCUT2D eigenvalue weighted by atomic mass is 10.3. The van der Waals surface area contributed by atoms with Gasteiger partial charge in [-0.1, -0.05) is 0 Å². The van der Waals surface area contributed by atoms with Crippen molar-refractivity contribution in [1.29, 1.82) is 0 Å². The molecule has 1 aromatic heterocycles. The molecule has 66 valence electrons. The summed E-state index contributed by atoms with van der Waals surface area (Å²) < 4.78 is 1.59. The summed E-state index contributed by atoms with van der Waals surface area (Å²) in [6.07, 6.45) is 5.12. The fourth-order valence-corrected chi connectivity index (χ4v) is 0.984. The van der Waals surface area contributed by atoms with Crippen LogP contribution in [0, 0.1) is 0 Å². The average Bonchev–Trinajstić information content (AvgIpc) is 2.09. The Morgan fingerprint density at radius 2 is 2.33 bits per heavy atom. The van der Waals surface area contributed by atoms with E-state index in [2.05, 4.69) is 4.98 Å². The second-order valence-corrected chi connectivity index (χ2v) is 2.59. The summed E-state index contributed by atoms with van der Waals surface area (Å²) in [5.74, 6) is 0. The Labute approximate surface area is 71.0 Å². The van der Waals surface area contributed by atoms with Gasteiger partial charge in [0.05, 0.1) is 0 Å². The fraction of sp³-hybridized carbons (Fsp3) is 0.500. The van der Waals surface area contributed by atoms with E-state index in [4.69, 9.17) is 5.73 Å². The number of hydrogen-bond donors (Lipinski definition) is 1. The maximum absolute atomic E-state index is 11.0. The van der Waals surface area contributed by atoms with Crippen molar-refractivity contribution < 1.29 is 0 Å². The smallest absolute Gasteiger partial charge is 0.330 e. The molecule has 2 N–H and O–H groups in total. The van der Waals surface area contributed by atoms with E-state index in [0.717, 1.165) is 12.8 Å². The summed E-state index contributed by atoms with van der Waals surface area (Å²) in [4.78, 5) is 14.7. The maximum Gasteiger partial charge on any atom is 0.347 e. The van der Waals surface area contributed by atoms with Gasteiger partial charge in [0.1, 0.15) is 0 Å². The predicted octanol–water partition coefficient (Wildman–Crippen LogP) is -0.0178. The molecule has 12 heavy (non-hydrogen) atoms. The Balaban J connectivity index is 2.52. The highest BCUT2D eigenvalue weighted by Crippen LogP contribution is 1.89. The summed E-state index contributed by atoms with van der Waals surface area (Å²) in [5, 5.41) is 0. The third kappa shape index (κ3) is 2.47. The quantitative estimate of drug-likeness (QED) is 0.641. The number of unbranched alkanes of at least 4 members (excludes halogenated alkanes) is 1. The topological polar surface area (TPSA) is 60.9 Å². The van der Waals surface area contributed by atoms with E-state index in [-0.39, 0.29) is 5.69 Å². The predicted molar refractivity (Wildman–Crippen MR) is 46.8 cm³/mol. The zero-order valence-electron chi connectivity index (χ0n) is 6.94. The van der Waals surface area contributed by atoms with Gasteiger partial charge in [-0.05, 0) is 25.5 Å². The van der Waals surface area contributed by atoms with Crippen molar-refractivity contribution in [2.24, 2.45) is 5.73 Å². The molecule has 4 heteroatoms. The fourth-order valence-electron chi connectivity index (χ4n) is 0.984. The van der Waals surface area contributed by atoms with Gasteiger partial charge in [-0.2, -0.15) is 0 Å². The van der Waals surface area contributed by atoms with Gasteiger partial charge < -0.3 is 5.73 Å². The minimum absolute atomic E-state index is 0.186. The van der Waals surface area contributed by atoms with Crippen molar-refractivity contribution in [3.63, 3.8) is 0 Å². The first-order valence-electron chi connectivity index (χ1n) is 4.06. The van der Waals surface area contributed by atoms with Gasteiger partial charge in [-0.25, -0.2) is 9.78 Å². The normalized spacial score (nSPS) is 10.1. The summed E-state index contributed by atoms with van der Waals surface area (Å²) in [6, 6.07) is 1.75. The van der Waals surface area contributed by atoms with E-state index in [1.807, 2.05) is 0 Å². The third-order valence-corrected chi connectivity index (χ3v) is 1.64. The van der Waals surface area contributed by atoms with Crippen LogP contribution in [0.3, 0.4) is 0 Å². The van der Waals surface area contributed by atoms with Gasteiger partial charge in [0.25, 0.3) is 0 Å². The number of aromatic nitrogens is 2. The zero-order chi connectivity index (χ0) is 8.81. The minimum atomic E-state index is -0.186. The minimum Gasteiger partial charge on any atom is -0.330 e. The van der Waals surface area contributed by atoms with Crippen LogP contribution in [-0.2, 0) is 6.54 Å². The number of rotatable bonds is 4. The number of hydrogen-bond acceptors (Lipinski definition) is 3. The highest BCUT2D eigenvalue weighted by molar-refractivity contribution is 4.80. The molecule has 0 aliphatic rings. The Kier molecular flexibility index (Phi) is 3.47. The van der Waals surface area contributed by atoms with Crippen LogP contribution >= 0.6 is 0 Å². The van der Waals surface area contributed by atoms with Gasteiger partial charge in [-0.15, -0.1) is 0 Å². The van der Waals surface area contributed by atoms with Gasteiger partial charge in [-0.3, -0.25) is 4.57 Å². The molecule has 1 aromatic rings. The monoisotopic (exact) mass is 167 g/mol. The lowest BCUT2D eigenvalue weighted by Crippen LogP contribution is -2.21. The zero-order valence-corrected chi connectivity index (χ0v) is 6.94. The van der Waals surface area contributed by atoms with Crippen LogP contribution in [0.25, 0.3) is 0 Å². The van der Waals surface area contributed by atoms with Crippen LogP contribution in [0.15, 0.2) is 23.3 Å². The molecule has 0 saturated carbocycles. The Morgan fingerprint density at radius 3 is 3.00 bits per heavy atom. The number of aryl methyl sites for hydroxylation is 1. The molecular formula is C8H13N3O. The Hall–Kier alpha value is -1.16. The number of nitrogens with two attached hydrogens (primary N) is 1. The second kappa shape index (κ2) is 4.66. The molecule has 0 spiro atoms.